The van der Waals surface area contributed by atoms with Gasteiger partial charge in [0.05, 0.1) is 22.8 Å². The number of aromatic carboxylic acids is 1. The van der Waals surface area contributed by atoms with Crippen molar-refractivity contribution in [2.75, 3.05) is 16.8 Å². The molecule has 0 radical (unpaired) electrons. The second kappa shape index (κ2) is 6.15. The maximum absolute atomic E-state index is 12.0. The number of para-hydroxylation sites is 1. The molecule has 1 aliphatic heterocycles. The number of hydrogen-bond donors (Lipinski definition) is 2. The van der Waals surface area contributed by atoms with Gasteiger partial charge in [-0.1, -0.05) is 6.07 Å². The number of carboxylic acid groups (broad SMARTS) is 1. The molecule has 1 aromatic carbocycles. The van der Waals surface area contributed by atoms with Crippen molar-refractivity contribution in [3.05, 3.63) is 28.2 Å². The standard InChI is InChI=1S/C13H14BrNO5S/c14-10-3-1-2-9(13(17)18)12(10)15-11(16)6-8-4-5-21(19,20)7-8/h1-3,8H,4-7H2,(H,15,16)(H,17,18). The third-order valence-corrected chi connectivity index (χ3v) is 5.81. The lowest BCUT2D eigenvalue weighted by Crippen LogP contribution is -2.19. The Hall–Kier alpha value is -1.41. The fraction of sp³-hybridized carbons (Fsp3) is 0.385. The van der Waals surface area contributed by atoms with E-state index < -0.39 is 15.8 Å². The topological polar surface area (TPSA) is 101 Å². The smallest absolute Gasteiger partial charge is 0.337 e. The number of sulfone groups is 1. The first kappa shape index (κ1) is 16.0. The molecule has 1 atom stereocenters. The van der Waals surface area contributed by atoms with Crippen molar-refractivity contribution in [3.8, 4) is 0 Å². The summed E-state index contributed by atoms with van der Waals surface area (Å²) in [6.45, 7) is 0. The highest BCUT2D eigenvalue weighted by molar-refractivity contribution is 9.10. The molecular weight excluding hydrogens is 362 g/mol. The number of amides is 1. The van der Waals surface area contributed by atoms with Crippen molar-refractivity contribution in [1.29, 1.82) is 0 Å². The Morgan fingerprint density at radius 2 is 2.10 bits per heavy atom. The number of hydrogen-bond acceptors (Lipinski definition) is 4. The lowest BCUT2D eigenvalue weighted by molar-refractivity contribution is -0.116. The van der Waals surface area contributed by atoms with E-state index in [4.69, 9.17) is 5.11 Å². The van der Waals surface area contributed by atoms with Crippen LogP contribution < -0.4 is 5.32 Å². The molecule has 0 bridgehead atoms. The van der Waals surface area contributed by atoms with E-state index in [0.29, 0.717) is 10.9 Å². The number of nitrogens with one attached hydrogen (secondary N) is 1. The monoisotopic (exact) mass is 375 g/mol. The van der Waals surface area contributed by atoms with Gasteiger partial charge in [-0.3, -0.25) is 4.79 Å². The number of anilines is 1. The SMILES string of the molecule is O=C(CC1CCS(=O)(=O)C1)Nc1c(Br)cccc1C(=O)O. The van der Waals surface area contributed by atoms with Crippen molar-refractivity contribution in [1.82, 2.24) is 0 Å². The van der Waals surface area contributed by atoms with Gasteiger partial charge in [0.1, 0.15) is 0 Å². The van der Waals surface area contributed by atoms with E-state index in [1.807, 2.05) is 0 Å². The summed E-state index contributed by atoms with van der Waals surface area (Å²) >= 11 is 3.20. The van der Waals surface area contributed by atoms with E-state index in [1.165, 1.54) is 6.07 Å². The number of carbonyl (C=O) groups is 2. The summed E-state index contributed by atoms with van der Waals surface area (Å²) in [5, 5.41) is 11.7. The van der Waals surface area contributed by atoms with Crippen molar-refractivity contribution in [3.63, 3.8) is 0 Å². The molecular formula is C13H14BrNO5S. The molecule has 1 fully saturated rings. The molecule has 114 valence electrons. The van der Waals surface area contributed by atoms with Crippen molar-refractivity contribution in [2.45, 2.75) is 12.8 Å². The first-order chi connectivity index (χ1) is 9.78. The van der Waals surface area contributed by atoms with E-state index in [2.05, 4.69) is 21.2 Å². The molecule has 8 heteroatoms. The fourth-order valence-electron chi connectivity index (χ4n) is 2.32. The minimum Gasteiger partial charge on any atom is -0.478 e. The summed E-state index contributed by atoms with van der Waals surface area (Å²) in [4.78, 5) is 23.1. The van der Waals surface area contributed by atoms with Gasteiger partial charge in [0, 0.05) is 10.9 Å². The maximum atomic E-state index is 12.0. The third kappa shape index (κ3) is 4.04. The second-order valence-corrected chi connectivity index (χ2v) is 8.07. The van der Waals surface area contributed by atoms with Gasteiger partial charge >= 0.3 is 5.97 Å². The molecule has 0 aromatic heterocycles. The molecule has 0 saturated carbocycles. The van der Waals surface area contributed by atoms with Crippen molar-refractivity contribution < 1.29 is 23.1 Å². The van der Waals surface area contributed by atoms with Gasteiger partial charge in [0.15, 0.2) is 9.84 Å². The quantitative estimate of drug-likeness (QED) is 0.836. The normalized spacial score (nSPS) is 20.1. The Kier molecular flexibility index (Phi) is 4.67. The average molecular weight is 376 g/mol. The summed E-state index contributed by atoms with van der Waals surface area (Å²) in [5.41, 5.74) is 0.174. The lowest BCUT2D eigenvalue weighted by Gasteiger charge is -2.12. The van der Waals surface area contributed by atoms with Crippen LogP contribution >= 0.6 is 15.9 Å². The van der Waals surface area contributed by atoms with E-state index in [-0.39, 0.29) is 41.0 Å². The van der Waals surface area contributed by atoms with Gasteiger partial charge in [-0.2, -0.15) is 0 Å². The molecule has 1 aliphatic rings. The Balaban J connectivity index is 2.09. The highest BCUT2D eigenvalue weighted by atomic mass is 79.9. The van der Waals surface area contributed by atoms with E-state index in [9.17, 15) is 18.0 Å². The molecule has 2 N–H and O–H groups in total. The van der Waals surface area contributed by atoms with Crippen LogP contribution in [0.5, 0.6) is 0 Å². The molecule has 1 saturated heterocycles. The number of rotatable bonds is 4. The van der Waals surface area contributed by atoms with Crippen LogP contribution in [0.3, 0.4) is 0 Å². The van der Waals surface area contributed by atoms with Gasteiger partial charge in [-0.05, 0) is 40.4 Å². The first-order valence-corrected chi connectivity index (χ1v) is 8.92. The minimum atomic E-state index is -3.03. The van der Waals surface area contributed by atoms with Crippen LogP contribution in [0.1, 0.15) is 23.2 Å². The molecule has 0 spiro atoms. The molecule has 0 aliphatic carbocycles. The van der Waals surface area contributed by atoms with Gasteiger partial charge in [-0.25, -0.2) is 13.2 Å². The van der Waals surface area contributed by atoms with Gasteiger partial charge < -0.3 is 10.4 Å². The second-order valence-electron chi connectivity index (χ2n) is 4.99. The maximum Gasteiger partial charge on any atom is 0.337 e. The summed E-state index contributed by atoms with van der Waals surface area (Å²) in [6, 6.07) is 4.58. The molecule has 1 aromatic rings. The zero-order chi connectivity index (χ0) is 15.6. The Bertz CT molecular complexity index is 686. The Morgan fingerprint density at radius 1 is 1.38 bits per heavy atom. The van der Waals surface area contributed by atoms with Gasteiger partial charge in [0.2, 0.25) is 5.91 Å². The third-order valence-electron chi connectivity index (χ3n) is 3.31. The molecule has 2 rings (SSSR count). The predicted molar refractivity (Wildman–Crippen MR) is 81.1 cm³/mol. The van der Waals surface area contributed by atoms with E-state index >= 15 is 0 Å². The summed E-state index contributed by atoms with van der Waals surface area (Å²) in [5.74, 6) is -1.60. The first-order valence-electron chi connectivity index (χ1n) is 6.30. The van der Waals surface area contributed by atoms with Gasteiger partial charge in [0.25, 0.3) is 0 Å². The van der Waals surface area contributed by atoms with Crippen LogP contribution in [-0.2, 0) is 14.6 Å². The largest absolute Gasteiger partial charge is 0.478 e. The van der Waals surface area contributed by atoms with E-state index in [0.717, 1.165) is 0 Å². The molecule has 6 nitrogen and oxygen atoms in total. The van der Waals surface area contributed by atoms with E-state index in [1.54, 1.807) is 12.1 Å². The number of halogens is 1. The Labute approximate surface area is 130 Å². The predicted octanol–water partition coefficient (Wildman–Crippen LogP) is 1.91. The van der Waals surface area contributed by atoms with Crippen molar-refractivity contribution >= 4 is 43.3 Å². The number of benzene rings is 1. The summed E-state index contributed by atoms with van der Waals surface area (Å²) < 4.78 is 23.2. The number of carboxylic acids is 1. The summed E-state index contributed by atoms with van der Waals surface area (Å²) in [7, 11) is -3.03. The molecule has 1 unspecified atom stereocenters. The van der Waals surface area contributed by atoms with Crippen LogP contribution in [0.4, 0.5) is 5.69 Å². The minimum absolute atomic E-state index is 0.0160. The highest BCUT2D eigenvalue weighted by Gasteiger charge is 2.29. The highest BCUT2D eigenvalue weighted by Crippen LogP contribution is 2.28. The zero-order valence-electron chi connectivity index (χ0n) is 11.0. The van der Waals surface area contributed by atoms with Crippen LogP contribution in [0.15, 0.2) is 22.7 Å². The molecule has 21 heavy (non-hydrogen) atoms. The average Bonchev–Trinajstić information content (AvgIpc) is 2.70. The van der Waals surface area contributed by atoms with Crippen LogP contribution in [0.2, 0.25) is 0 Å². The summed E-state index contributed by atoms with van der Waals surface area (Å²) in [6.07, 6.45) is 0.539. The zero-order valence-corrected chi connectivity index (χ0v) is 13.4. The van der Waals surface area contributed by atoms with Crippen molar-refractivity contribution in [2.24, 2.45) is 5.92 Å². The molecule has 1 heterocycles. The lowest BCUT2D eigenvalue weighted by atomic mass is 10.0. The van der Waals surface area contributed by atoms with Crippen LogP contribution in [0.25, 0.3) is 0 Å². The number of carbonyl (C=O) groups excluding carboxylic acids is 1. The van der Waals surface area contributed by atoms with Crippen LogP contribution in [0, 0.1) is 5.92 Å². The van der Waals surface area contributed by atoms with Crippen LogP contribution in [-0.4, -0.2) is 36.9 Å². The Morgan fingerprint density at radius 3 is 2.67 bits per heavy atom. The molecule has 1 amide bonds. The van der Waals surface area contributed by atoms with Gasteiger partial charge in [-0.15, -0.1) is 0 Å². The fourth-order valence-corrected chi connectivity index (χ4v) is 4.64.